The van der Waals surface area contributed by atoms with Crippen LogP contribution in [0.2, 0.25) is 0 Å². The number of hydrogen-bond acceptors (Lipinski definition) is 6. The van der Waals surface area contributed by atoms with Crippen LogP contribution in [0.15, 0.2) is 48.6 Å². The molecule has 0 aromatic carbocycles. The molecule has 0 N–H and O–H groups in total. The summed E-state index contributed by atoms with van der Waals surface area (Å²) in [7, 11) is 0. The first-order valence-corrected chi connectivity index (χ1v) is 28.6. The van der Waals surface area contributed by atoms with Crippen molar-refractivity contribution in [2.45, 2.75) is 303 Å². The Kier molecular flexibility index (Phi) is 52.8. The zero-order chi connectivity index (χ0) is 47.9. The standard InChI is InChI=1S/C60H108O6/c1-4-7-10-13-16-19-22-25-27-29-30-32-34-36-39-41-44-47-50-53-59(62)65-56-57(66-60(63)54-51-48-45-42-37-24-21-18-15-12-9-6-3)55-64-58(61)52-49-46-43-40-38-35-33-31-28-26-23-20-17-14-11-8-5-2/h17,20,25-28,33,35,57H,4-16,18-19,21-24,29-32,34,36-56H2,1-3H3/b20-17-,27-25-,28-26-,35-33-/t57-/m1/s1. The van der Waals surface area contributed by atoms with Crippen LogP contribution in [0, 0.1) is 0 Å². The molecule has 0 aromatic rings. The van der Waals surface area contributed by atoms with E-state index < -0.39 is 6.10 Å². The van der Waals surface area contributed by atoms with Crippen LogP contribution in [0.25, 0.3) is 0 Å². The average Bonchev–Trinajstić information content (AvgIpc) is 3.31. The smallest absolute Gasteiger partial charge is 0.306 e. The fourth-order valence-electron chi connectivity index (χ4n) is 8.21. The predicted molar refractivity (Wildman–Crippen MR) is 284 cm³/mol. The molecule has 0 unspecified atom stereocenters. The Morgan fingerprint density at radius 1 is 0.303 bits per heavy atom. The molecule has 0 aliphatic carbocycles. The Labute approximate surface area is 409 Å². The van der Waals surface area contributed by atoms with Crippen molar-refractivity contribution in [1.29, 1.82) is 0 Å². The summed E-state index contributed by atoms with van der Waals surface area (Å²) in [5.74, 6) is -0.890. The molecule has 0 aromatic heterocycles. The number of esters is 3. The van der Waals surface area contributed by atoms with E-state index in [1.807, 2.05) is 0 Å². The Hall–Kier alpha value is -2.63. The number of unbranched alkanes of at least 4 members (excludes halogenated alkanes) is 33. The summed E-state index contributed by atoms with van der Waals surface area (Å²) in [6.45, 7) is 6.61. The van der Waals surface area contributed by atoms with E-state index in [1.54, 1.807) is 0 Å². The molecule has 66 heavy (non-hydrogen) atoms. The Balaban J connectivity index is 4.35. The van der Waals surface area contributed by atoms with Gasteiger partial charge in [0, 0.05) is 19.3 Å². The Morgan fingerprint density at radius 2 is 0.545 bits per heavy atom. The molecule has 0 saturated heterocycles. The Bertz CT molecular complexity index is 1150. The van der Waals surface area contributed by atoms with Crippen LogP contribution in [0.5, 0.6) is 0 Å². The van der Waals surface area contributed by atoms with Gasteiger partial charge in [0.05, 0.1) is 0 Å². The maximum Gasteiger partial charge on any atom is 0.306 e. The number of allylic oxidation sites excluding steroid dienone is 8. The van der Waals surface area contributed by atoms with Crippen LogP contribution < -0.4 is 0 Å². The third-order valence-corrected chi connectivity index (χ3v) is 12.6. The van der Waals surface area contributed by atoms with Crippen molar-refractivity contribution < 1.29 is 28.6 Å². The van der Waals surface area contributed by atoms with E-state index in [4.69, 9.17) is 14.2 Å². The van der Waals surface area contributed by atoms with Gasteiger partial charge in [0.15, 0.2) is 6.10 Å². The lowest BCUT2D eigenvalue weighted by Crippen LogP contribution is -2.30. The molecule has 6 heteroatoms. The monoisotopic (exact) mass is 925 g/mol. The van der Waals surface area contributed by atoms with Gasteiger partial charge in [-0.3, -0.25) is 14.4 Å². The second kappa shape index (κ2) is 55.0. The molecular formula is C60H108O6. The van der Waals surface area contributed by atoms with Crippen LogP contribution >= 0.6 is 0 Å². The molecule has 0 amide bonds. The van der Waals surface area contributed by atoms with Crippen molar-refractivity contribution >= 4 is 17.9 Å². The van der Waals surface area contributed by atoms with Crippen molar-refractivity contribution in [1.82, 2.24) is 0 Å². The molecule has 0 bridgehead atoms. The van der Waals surface area contributed by atoms with Crippen molar-refractivity contribution in [2.24, 2.45) is 0 Å². The number of carbonyl (C=O) groups is 3. The second-order valence-corrected chi connectivity index (χ2v) is 19.2. The minimum Gasteiger partial charge on any atom is -0.462 e. The maximum atomic E-state index is 12.8. The zero-order valence-corrected chi connectivity index (χ0v) is 44.0. The average molecular weight is 926 g/mol. The molecule has 0 aliphatic rings. The fraction of sp³-hybridized carbons (Fsp3) is 0.817. The highest BCUT2D eigenvalue weighted by atomic mass is 16.6. The molecule has 0 radical (unpaired) electrons. The van der Waals surface area contributed by atoms with Crippen molar-refractivity contribution in [3.63, 3.8) is 0 Å². The van der Waals surface area contributed by atoms with E-state index in [0.29, 0.717) is 19.3 Å². The van der Waals surface area contributed by atoms with Crippen molar-refractivity contribution in [2.75, 3.05) is 13.2 Å². The van der Waals surface area contributed by atoms with E-state index in [-0.39, 0.29) is 31.1 Å². The number of rotatable bonds is 52. The number of ether oxygens (including phenoxy) is 3. The fourth-order valence-corrected chi connectivity index (χ4v) is 8.21. The molecule has 384 valence electrons. The summed E-state index contributed by atoms with van der Waals surface area (Å²) >= 11 is 0. The van der Waals surface area contributed by atoms with Gasteiger partial charge in [0.2, 0.25) is 0 Å². The summed E-state index contributed by atoms with van der Waals surface area (Å²) < 4.78 is 16.8. The van der Waals surface area contributed by atoms with E-state index in [9.17, 15) is 14.4 Å². The highest BCUT2D eigenvalue weighted by Gasteiger charge is 2.19. The molecule has 6 nitrogen and oxygen atoms in total. The summed E-state index contributed by atoms with van der Waals surface area (Å²) in [5.41, 5.74) is 0. The van der Waals surface area contributed by atoms with E-state index in [2.05, 4.69) is 69.4 Å². The van der Waals surface area contributed by atoms with Gasteiger partial charge in [0.1, 0.15) is 13.2 Å². The Morgan fingerprint density at radius 3 is 0.894 bits per heavy atom. The maximum absolute atomic E-state index is 12.8. The topological polar surface area (TPSA) is 78.9 Å². The van der Waals surface area contributed by atoms with Crippen LogP contribution in [-0.2, 0) is 28.6 Å². The normalized spacial score (nSPS) is 12.3. The van der Waals surface area contributed by atoms with Crippen LogP contribution in [0.1, 0.15) is 297 Å². The highest BCUT2D eigenvalue weighted by molar-refractivity contribution is 5.71. The molecule has 0 rings (SSSR count). The van der Waals surface area contributed by atoms with Crippen LogP contribution in [0.4, 0.5) is 0 Å². The largest absolute Gasteiger partial charge is 0.462 e. The lowest BCUT2D eigenvalue weighted by Gasteiger charge is -2.18. The quantitative estimate of drug-likeness (QED) is 0.0262. The first-order valence-electron chi connectivity index (χ1n) is 28.6. The molecule has 0 fully saturated rings. The SMILES string of the molecule is CCCCC/C=C\C/C=C\C/C=C\CCCCCCC(=O)OC[C@H](COC(=O)CCCCCCCCCCC/C=C\CCCCCCCC)OC(=O)CCCCCCCCCCCCCC. The third kappa shape index (κ3) is 52.3. The molecule has 1 atom stereocenters. The first-order chi connectivity index (χ1) is 32.5. The lowest BCUT2D eigenvalue weighted by molar-refractivity contribution is -0.167. The van der Waals surface area contributed by atoms with E-state index in [0.717, 1.165) is 83.5 Å². The van der Waals surface area contributed by atoms with Gasteiger partial charge in [-0.15, -0.1) is 0 Å². The van der Waals surface area contributed by atoms with Gasteiger partial charge in [-0.05, 0) is 83.5 Å². The number of hydrogen-bond donors (Lipinski definition) is 0. The van der Waals surface area contributed by atoms with Gasteiger partial charge in [0.25, 0.3) is 0 Å². The van der Waals surface area contributed by atoms with Crippen LogP contribution in [0.3, 0.4) is 0 Å². The highest BCUT2D eigenvalue weighted by Crippen LogP contribution is 2.16. The molecule has 0 saturated carbocycles. The predicted octanol–water partition coefficient (Wildman–Crippen LogP) is 19.0. The van der Waals surface area contributed by atoms with E-state index >= 15 is 0 Å². The molecule has 0 spiro atoms. The van der Waals surface area contributed by atoms with Gasteiger partial charge in [-0.25, -0.2) is 0 Å². The van der Waals surface area contributed by atoms with E-state index in [1.165, 1.54) is 173 Å². The van der Waals surface area contributed by atoms with Crippen molar-refractivity contribution in [3.05, 3.63) is 48.6 Å². The van der Waals surface area contributed by atoms with Crippen LogP contribution in [-0.4, -0.2) is 37.2 Å². The molecule has 0 aliphatic heterocycles. The van der Waals surface area contributed by atoms with Gasteiger partial charge in [-0.1, -0.05) is 243 Å². The van der Waals surface area contributed by atoms with Crippen molar-refractivity contribution in [3.8, 4) is 0 Å². The minimum atomic E-state index is -0.780. The van der Waals surface area contributed by atoms with Gasteiger partial charge < -0.3 is 14.2 Å². The summed E-state index contributed by atoms with van der Waals surface area (Å²) in [6.07, 6.45) is 66.7. The second-order valence-electron chi connectivity index (χ2n) is 19.2. The number of carbonyl (C=O) groups excluding carboxylic acids is 3. The molecule has 0 heterocycles. The zero-order valence-electron chi connectivity index (χ0n) is 44.0. The third-order valence-electron chi connectivity index (χ3n) is 12.6. The van der Waals surface area contributed by atoms with Gasteiger partial charge in [-0.2, -0.15) is 0 Å². The van der Waals surface area contributed by atoms with Gasteiger partial charge >= 0.3 is 17.9 Å². The lowest BCUT2D eigenvalue weighted by atomic mass is 10.0. The summed E-state index contributed by atoms with van der Waals surface area (Å²) in [5, 5.41) is 0. The molecular weight excluding hydrogens is 817 g/mol. The summed E-state index contributed by atoms with van der Waals surface area (Å²) in [4.78, 5) is 38.1. The first kappa shape index (κ1) is 63.4. The minimum absolute atomic E-state index is 0.0787. The summed E-state index contributed by atoms with van der Waals surface area (Å²) in [6, 6.07) is 0.